The van der Waals surface area contributed by atoms with Crippen LogP contribution in [0.5, 0.6) is 0 Å². The number of anilines is 1. The Bertz CT molecular complexity index is 1140. The topological polar surface area (TPSA) is 41.6 Å². The maximum atomic E-state index is 13.0. The highest BCUT2D eigenvalue weighted by Crippen LogP contribution is 2.29. The first kappa shape index (κ1) is 22.6. The van der Waals surface area contributed by atoms with E-state index >= 15 is 0 Å². The standard InChI is InChI=1S/C29H30N2O2/c1-22-19-23(2)29(26(20-22)14-13-24-9-5-3-6-10-24)30-27(25-11-7-4-8-12-25)21-28(32)31-15-17-33-18-16-31/h3-14,19-21,30H,15-18H2,1-2H3/b14-13+,27-21-. The number of aryl methyl sites for hydroxylation is 2. The van der Waals surface area contributed by atoms with E-state index in [1.54, 1.807) is 6.08 Å². The molecule has 1 amide bonds. The summed E-state index contributed by atoms with van der Waals surface area (Å²) in [5, 5.41) is 3.60. The predicted molar refractivity (Wildman–Crippen MR) is 137 cm³/mol. The lowest BCUT2D eigenvalue weighted by molar-refractivity contribution is -0.129. The molecule has 0 radical (unpaired) electrons. The first-order chi connectivity index (χ1) is 16.1. The SMILES string of the molecule is Cc1cc(C)c(N/C(=C\C(=O)N2CCOCC2)c2ccccc2)c(/C=C/c2ccccc2)c1. The van der Waals surface area contributed by atoms with Crippen LogP contribution in [0.15, 0.2) is 78.9 Å². The number of rotatable bonds is 6. The minimum absolute atomic E-state index is 0.00389. The molecular weight excluding hydrogens is 408 g/mol. The fourth-order valence-corrected chi connectivity index (χ4v) is 4.00. The highest BCUT2D eigenvalue weighted by atomic mass is 16.5. The van der Waals surface area contributed by atoms with Crippen molar-refractivity contribution in [3.63, 3.8) is 0 Å². The summed E-state index contributed by atoms with van der Waals surface area (Å²) in [7, 11) is 0. The average molecular weight is 439 g/mol. The smallest absolute Gasteiger partial charge is 0.248 e. The van der Waals surface area contributed by atoms with Gasteiger partial charge in [-0.05, 0) is 42.2 Å². The molecule has 1 N–H and O–H groups in total. The molecule has 0 aliphatic carbocycles. The van der Waals surface area contributed by atoms with Crippen LogP contribution in [0.4, 0.5) is 5.69 Å². The van der Waals surface area contributed by atoms with Gasteiger partial charge in [0.1, 0.15) is 0 Å². The zero-order valence-corrected chi connectivity index (χ0v) is 19.3. The third-order valence-electron chi connectivity index (χ3n) is 5.70. The third-order valence-corrected chi connectivity index (χ3v) is 5.70. The maximum absolute atomic E-state index is 13.0. The summed E-state index contributed by atoms with van der Waals surface area (Å²) in [6.45, 7) is 6.60. The first-order valence-electron chi connectivity index (χ1n) is 11.4. The van der Waals surface area contributed by atoms with Crippen molar-refractivity contribution < 1.29 is 9.53 Å². The Labute approximate surface area is 196 Å². The predicted octanol–water partition coefficient (Wildman–Crippen LogP) is 5.79. The Kier molecular flexibility index (Phi) is 7.38. The molecule has 0 atom stereocenters. The molecule has 0 bridgehead atoms. The molecule has 0 spiro atoms. The van der Waals surface area contributed by atoms with Gasteiger partial charge in [-0.3, -0.25) is 4.79 Å². The van der Waals surface area contributed by atoms with Gasteiger partial charge in [0.2, 0.25) is 5.91 Å². The van der Waals surface area contributed by atoms with Crippen LogP contribution in [-0.4, -0.2) is 37.1 Å². The van der Waals surface area contributed by atoms with Crippen LogP contribution >= 0.6 is 0 Å². The van der Waals surface area contributed by atoms with E-state index < -0.39 is 0 Å². The molecule has 1 aliphatic rings. The fourth-order valence-electron chi connectivity index (χ4n) is 4.00. The summed E-state index contributed by atoms with van der Waals surface area (Å²) in [4.78, 5) is 14.9. The highest BCUT2D eigenvalue weighted by molar-refractivity contribution is 5.98. The van der Waals surface area contributed by atoms with Gasteiger partial charge >= 0.3 is 0 Å². The van der Waals surface area contributed by atoms with Crippen molar-refractivity contribution in [2.75, 3.05) is 31.6 Å². The maximum Gasteiger partial charge on any atom is 0.248 e. The minimum atomic E-state index is -0.00389. The van der Waals surface area contributed by atoms with Crippen LogP contribution in [0, 0.1) is 13.8 Å². The van der Waals surface area contributed by atoms with Crippen molar-refractivity contribution in [3.05, 3.63) is 107 Å². The number of carbonyl (C=O) groups excluding carboxylic acids is 1. The Balaban J connectivity index is 1.70. The summed E-state index contributed by atoms with van der Waals surface area (Å²) in [5.74, 6) is -0.00389. The molecule has 4 heteroatoms. The fraction of sp³-hybridized carbons (Fsp3) is 0.207. The normalized spacial score (nSPS) is 14.5. The first-order valence-corrected chi connectivity index (χ1v) is 11.4. The lowest BCUT2D eigenvalue weighted by Crippen LogP contribution is -2.40. The number of carbonyl (C=O) groups is 1. The van der Waals surface area contributed by atoms with Crippen molar-refractivity contribution in [1.82, 2.24) is 4.90 Å². The molecule has 3 aromatic carbocycles. The molecule has 0 saturated carbocycles. The molecule has 3 aromatic rings. The van der Waals surface area contributed by atoms with Crippen molar-refractivity contribution >= 4 is 29.4 Å². The summed E-state index contributed by atoms with van der Waals surface area (Å²) in [6, 6.07) is 24.6. The number of benzene rings is 3. The number of hydrogen-bond acceptors (Lipinski definition) is 3. The van der Waals surface area contributed by atoms with Crippen LogP contribution in [0.25, 0.3) is 17.8 Å². The minimum Gasteiger partial charge on any atom is -0.378 e. The zero-order valence-electron chi connectivity index (χ0n) is 19.3. The molecule has 1 heterocycles. The van der Waals surface area contributed by atoms with Gasteiger partial charge in [-0.15, -0.1) is 0 Å². The lowest BCUT2D eigenvalue weighted by Gasteiger charge is -2.26. The van der Waals surface area contributed by atoms with Gasteiger partial charge in [-0.1, -0.05) is 84.4 Å². The lowest BCUT2D eigenvalue weighted by atomic mass is 10.0. The van der Waals surface area contributed by atoms with Gasteiger partial charge in [0.25, 0.3) is 0 Å². The number of nitrogens with one attached hydrogen (secondary N) is 1. The van der Waals surface area contributed by atoms with Gasteiger partial charge in [0.05, 0.1) is 18.9 Å². The summed E-state index contributed by atoms with van der Waals surface area (Å²) in [6.07, 6.45) is 5.96. The monoisotopic (exact) mass is 438 g/mol. The van der Waals surface area contributed by atoms with E-state index in [-0.39, 0.29) is 5.91 Å². The number of nitrogens with zero attached hydrogens (tertiary/aromatic N) is 1. The molecule has 1 aliphatic heterocycles. The van der Waals surface area contributed by atoms with Gasteiger partial charge in [0.15, 0.2) is 0 Å². The highest BCUT2D eigenvalue weighted by Gasteiger charge is 2.17. The number of hydrogen-bond donors (Lipinski definition) is 1. The quantitative estimate of drug-likeness (QED) is 0.391. The van der Waals surface area contributed by atoms with Crippen molar-refractivity contribution in [2.45, 2.75) is 13.8 Å². The van der Waals surface area contributed by atoms with Crippen molar-refractivity contribution in [3.8, 4) is 0 Å². The summed E-state index contributed by atoms with van der Waals surface area (Å²) in [5.41, 5.74) is 7.30. The van der Waals surface area contributed by atoms with Crippen molar-refractivity contribution in [2.24, 2.45) is 0 Å². The Morgan fingerprint density at radius 3 is 2.27 bits per heavy atom. The molecule has 33 heavy (non-hydrogen) atoms. The number of morpholine rings is 1. The van der Waals surface area contributed by atoms with E-state index in [0.29, 0.717) is 26.3 Å². The van der Waals surface area contributed by atoms with E-state index in [1.165, 1.54) is 5.56 Å². The third kappa shape index (κ3) is 5.99. The van der Waals surface area contributed by atoms with Crippen LogP contribution < -0.4 is 5.32 Å². The largest absolute Gasteiger partial charge is 0.378 e. The van der Waals surface area contributed by atoms with E-state index in [2.05, 4.69) is 55.6 Å². The van der Waals surface area contributed by atoms with E-state index in [1.807, 2.05) is 53.4 Å². The molecule has 4 rings (SSSR count). The van der Waals surface area contributed by atoms with E-state index in [4.69, 9.17) is 4.74 Å². The van der Waals surface area contributed by atoms with Gasteiger partial charge in [-0.2, -0.15) is 0 Å². The van der Waals surface area contributed by atoms with Gasteiger partial charge in [-0.25, -0.2) is 0 Å². The van der Waals surface area contributed by atoms with E-state index in [9.17, 15) is 4.79 Å². The molecule has 168 valence electrons. The Morgan fingerprint density at radius 1 is 0.909 bits per heavy atom. The second-order valence-electron chi connectivity index (χ2n) is 8.28. The van der Waals surface area contributed by atoms with E-state index in [0.717, 1.165) is 33.6 Å². The number of amides is 1. The average Bonchev–Trinajstić information content (AvgIpc) is 2.85. The zero-order chi connectivity index (χ0) is 23.0. The number of ether oxygens (including phenoxy) is 1. The molecule has 1 fully saturated rings. The molecule has 0 aromatic heterocycles. The molecule has 4 nitrogen and oxygen atoms in total. The summed E-state index contributed by atoms with van der Waals surface area (Å²) >= 11 is 0. The second-order valence-corrected chi connectivity index (χ2v) is 8.28. The van der Waals surface area contributed by atoms with Crippen LogP contribution in [0.2, 0.25) is 0 Å². The van der Waals surface area contributed by atoms with Crippen LogP contribution in [0.3, 0.4) is 0 Å². The second kappa shape index (κ2) is 10.8. The molecule has 0 unspecified atom stereocenters. The van der Waals surface area contributed by atoms with Crippen LogP contribution in [0.1, 0.15) is 27.8 Å². The summed E-state index contributed by atoms with van der Waals surface area (Å²) < 4.78 is 5.40. The van der Waals surface area contributed by atoms with Gasteiger partial charge in [0, 0.05) is 24.9 Å². The molecular formula is C29H30N2O2. The van der Waals surface area contributed by atoms with Crippen LogP contribution in [-0.2, 0) is 9.53 Å². The Morgan fingerprint density at radius 2 is 1.58 bits per heavy atom. The Hall–Kier alpha value is -3.63. The van der Waals surface area contributed by atoms with Gasteiger partial charge < -0.3 is 15.0 Å². The molecule has 1 saturated heterocycles. The van der Waals surface area contributed by atoms with Crippen molar-refractivity contribution in [1.29, 1.82) is 0 Å².